The van der Waals surface area contributed by atoms with E-state index in [-0.39, 0.29) is 0 Å². The van der Waals surface area contributed by atoms with Crippen LogP contribution in [0.3, 0.4) is 0 Å². The maximum absolute atomic E-state index is 9.45. The van der Waals surface area contributed by atoms with Crippen molar-refractivity contribution in [1.29, 1.82) is 0 Å². The van der Waals surface area contributed by atoms with E-state index in [1.165, 1.54) is 52.1 Å². The van der Waals surface area contributed by atoms with Crippen molar-refractivity contribution < 1.29 is 15.0 Å². The summed E-state index contributed by atoms with van der Waals surface area (Å²) in [4.78, 5) is 15.7. The Hall–Kier alpha value is -1.89. The molecule has 1 aromatic carbocycles. The number of carboxylic acids is 1. The van der Waals surface area contributed by atoms with Crippen molar-refractivity contribution in [2.24, 2.45) is 0 Å². The van der Waals surface area contributed by atoms with Crippen LogP contribution in [0, 0.1) is 0 Å². The van der Waals surface area contributed by atoms with Gasteiger partial charge in [-0.2, -0.15) is 0 Å². The molecule has 6 heteroatoms. The maximum atomic E-state index is 9.45. The molecule has 1 aliphatic rings. The quantitative estimate of drug-likeness (QED) is 0.648. The number of carboxylic acid groups (broad SMARTS) is 1. The van der Waals surface area contributed by atoms with Gasteiger partial charge in [0, 0.05) is 52.2 Å². The number of aliphatic hydroxyl groups is 1. The number of aromatic amines is 1. The Labute approximate surface area is 157 Å². The summed E-state index contributed by atoms with van der Waals surface area (Å²) in [5, 5.41) is 20.9. The summed E-state index contributed by atoms with van der Waals surface area (Å²) >= 11 is 1.84. The van der Waals surface area contributed by atoms with E-state index in [4.69, 9.17) is 10.2 Å². The van der Waals surface area contributed by atoms with Crippen LogP contribution in [0.15, 0.2) is 23.6 Å². The number of hydrogen-bond acceptors (Lipinski definition) is 4. The molecule has 0 spiro atoms. The summed E-state index contributed by atoms with van der Waals surface area (Å²) in [5.41, 5.74) is 4.31. The number of rotatable bonds is 3. The van der Waals surface area contributed by atoms with Crippen molar-refractivity contribution >= 4 is 38.3 Å². The molecule has 2 unspecified atom stereocenters. The van der Waals surface area contributed by atoms with Crippen molar-refractivity contribution in [3.05, 3.63) is 34.8 Å². The van der Waals surface area contributed by atoms with Crippen LogP contribution in [0.2, 0.25) is 0 Å². The van der Waals surface area contributed by atoms with E-state index in [1.54, 1.807) is 0 Å². The van der Waals surface area contributed by atoms with Gasteiger partial charge in [0.25, 0.3) is 0 Å². The number of aliphatic hydroxyl groups excluding tert-OH is 1. The van der Waals surface area contributed by atoms with E-state index in [9.17, 15) is 4.79 Å². The highest BCUT2D eigenvalue weighted by molar-refractivity contribution is 7.17. The summed E-state index contributed by atoms with van der Waals surface area (Å²) < 4.78 is 1.40. The van der Waals surface area contributed by atoms with Crippen molar-refractivity contribution in [2.45, 2.75) is 52.3 Å². The fraction of sp³-hybridized carbons (Fsp3) is 0.450. The molecule has 3 heterocycles. The molecule has 3 aromatic rings. The number of fused-ring (bicyclic) bond motifs is 5. The maximum Gasteiger partial charge on any atom is 0.332 e. The van der Waals surface area contributed by atoms with Gasteiger partial charge in [-0.3, -0.25) is 4.90 Å². The molecule has 0 saturated carbocycles. The van der Waals surface area contributed by atoms with E-state index >= 15 is 0 Å². The van der Waals surface area contributed by atoms with Crippen LogP contribution in [0.5, 0.6) is 0 Å². The van der Waals surface area contributed by atoms with Crippen LogP contribution in [-0.2, 0) is 17.8 Å². The van der Waals surface area contributed by atoms with Crippen LogP contribution in [0.4, 0.5) is 0 Å². The van der Waals surface area contributed by atoms with Crippen molar-refractivity contribution in [3.8, 4) is 0 Å². The van der Waals surface area contributed by atoms with Crippen LogP contribution in [0.25, 0.3) is 21.0 Å². The Kier molecular flexibility index (Phi) is 5.65. The summed E-state index contributed by atoms with van der Waals surface area (Å²) in [5.74, 6) is -1.19. The Morgan fingerprint density at radius 1 is 1.35 bits per heavy atom. The second kappa shape index (κ2) is 7.78. The molecule has 0 bridgehead atoms. The first-order valence-electron chi connectivity index (χ1n) is 9.06. The van der Waals surface area contributed by atoms with Gasteiger partial charge in [0.15, 0.2) is 0 Å². The largest absolute Gasteiger partial charge is 0.479 e. The van der Waals surface area contributed by atoms with E-state index in [0.29, 0.717) is 6.04 Å². The highest BCUT2D eigenvalue weighted by Gasteiger charge is 2.24. The number of aliphatic carboxylic acids is 1. The zero-order valence-electron chi connectivity index (χ0n) is 15.5. The number of benzene rings is 1. The first kappa shape index (κ1) is 18.9. The first-order valence-corrected chi connectivity index (χ1v) is 9.94. The van der Waals surface area contributed by atoms with Crippen molar-refractivity contribution in [3.63, 3.8) is 0 Å². The van der Waals surface area contributed by atoms with E-state index in [2.05, 4.69) is 47.3 Å². The van der Waals surface area contributed by atoms with E-state index < -0.39 is 12.1 Å². The lowest BCUT2D eigenvalue weighted by molar-refractivity contribution is -0.145. The normalized spacial score (nSPS) is 16.8. The van der Waals surface area contributed by atoms with Gasteiger partial charge in [-0.15, -0.1) is 11.3 Å². The number of H-pyrrole nitrogens is 1. The van der Waals surface area contributed by atoms with E-state index in [1.807, 2.05) is 11.3 Å². The number of hydrogen-bond donors (Lipinski definition) is 3. The number of aromatic nitrogens is 1. The third kappa shape index (κ3) is 3.63. The minimum absolute atomic E-state index is 0.676. The van der Waals surface area contributed by atoms with Crippen LogP contribution >= 0.6 is 11.3 Å². The molecular weight excluding hydrogens is 348 g/mol. The summed E-state index contributed by atoms with van der Waals surface area (Å²) in [7, 11) is 0. The zero-order chi connectivity index (χ0) is 18.8. The number of nitrogens with zero attached hydrogens (tertiary/aromatic N) is 1. The second-order valence-corrected chi connectivity index (χ2v) is 7.84. The Bertz CT molecular complexity index is 912. The minimum Gasteiger partial charge on any atom is -0.479 e. The topological polar surface area (TPSA) is 76.6 Å². The molecule has 3 N–H and O–H groups in total. The highest BCUT2D eigenvalue weighted by atomic mass is 32.1. The molecule has 26 heavy (non-hydrogen) atoms. The van der Waals surface area contributed by atoms with Gasteiger partial charge in [0.2, 0.25) is 0 Å². The first-order chi connectivity index (χ1) is 12.4. The van der Waals surface area contributed by atoms with Crippen LogP contribution in [-0.4, -0.2) is 44.8 Å². The van der Waals surface area contributed by atoms with Gasteiger partial charge in [-0.25, -0.2) is 4.79 Å². The molecule has 140 valence electrons. The van der Waals surface area contributed by atoms with Gasteiger partial charge >= 0.3 is 5.97 Å². The molecule has 2 atom stereocenters. The monoisotopic (exact) mass is 374 g/mol. The fourth-order valence-electron chi connectivity index (χ4n) is 3.42. The van der Waals surface area contributed by atoms with Crippen LogP contribution < -0.4 is 0 Å². The lowest BCUT2D eigenvalue weighted by atomic mass is 10.0. The Balaban J connectivity index is 0.000000286. The van der Waals surface area contributed by atoms with Gasteiger partial charge < -0.3 is 15.2 Å². The average Bonchev–Trinajstić information content (AvgIpc) is 3.24. The lowest BCUT2D eigenvalue weighted by Gasteiger charge is -2.32. The summed E-state index contributed by atoms with van der Waals surface area (Å²) in [6.07, 6.45) is 1.15. The third-order valence-electron chi connectivity index (χ3n) is 5.17. The zero-order valence-corrected chi connectivity index (χ0v) is 16.3. The fourth-order valence-corrected chi connectivity index (χ4v) is 4.22. The smallest absolute Gasteiger partial charge is 0.332 e. The molecule has 4 rings (SSSR count). The predicted molar refractivity (Wildman–Crippen MR) is 107 cm³/mol. The molecule has 0 fully saturated rings. The van der Waals surface area contributed by atoms with Gasteiger partial charge in [0.1, 0.15) is 6.10 Å². The highest BCUT2D eigenvalue weighted by Crippen LogP contribution is 2.35. The molecule has 1 aliphatic heterocycles. The predicted octanol–water partition coefficient (Wildman–Crippen LogP) is 3.99. The Morgan fingerprint density at radius 2 is 2.08 bits per heavy atom. The SMILES string of the molecule is CC(O)C(=O)O.CCC(C)N1CCc2[nH]c3ccc4sccc4c3c2C1. The van der Waals surface area contributed by atoms with Gasteiger partial charge in [-0.1, -0.05) is 6.92 Å². The molecule has 0 aliphatic carbocycles. The molecule has 0 amide bonds. The van der Waals surface area contributed by atoms with Gasteiger partial charge in [0.05, 0.1) is 0 Å². The number of carbonyl (C=O) groups is 1. The third-order valence-corrected chi connectivity index (χ3v) is 6.05. The molecule has 0 radical (unpaired) electrons. The Morgan fingerprint density at radius 3 is 2.73 bits per heavy atom. The average molecular weight is 375 g/mol. The molecule has 5 nitrogen and oxygen atoms in total. The second-order valence-electron chi connectivity index (χ2n) is 6.89. The van der Waals surface area contributed by atoms with E-state index in [0.717, 1.165) is 13.0 Å². The number of thiophene rings is 1. The molecule has 2 aromatic heterocycles. The van der Waals surface area contributed by atoms with Crippen molar-refractivity contribution in [1.82, 2.24) is 9.88 Å². The summed E-state index contributed by atoms with van der Waals surface area (Å²) in [6.45, 7) is 8.11. The van der Waals surface area contributed by atoms with Crippen LogP contribution in [0.1, 0.15) is 38.4 Å². The molecule has 0 saturated heterocycles. The summed E-state index contributed by atoms with van der Waals surface area (Å²) in [6, 6.07) is 7.45. The van der Waals surface area contributed by atoms with Crippen molar-refractivity contribution in [2.75, 3.05) is 6.54 Å². The number of nitrogens with one attached hydrogen (secondary N) is 1. The van der Waals surface area contributed by atoms with Gasteiger partial charge in [-0.05, 0) is 49.4 Å². The lowest BCUT2D eigenvalue weighted by Crippen LogP contribution is -2.37. The minimum atomic E-state index is -1.23. The molecular formula is C20H26N2O3S. The standard InChI is InChI=1S/C17H20N2S.C3H6O3/c1-3-11(2)19-8-6-14-13(10-19)17-12-7-9-20-16(12)5-4-15(17)18-14;1-2(4)3(5)6/h4-5,7,9,11,18H,3,6,8,10H2,1-2H3;2,4H,1H3,(H,5,6).